The number of carbonyl (C=O) groups is 1. The Morgan fingerprint density at radius 3 is 2.59 bits per heavy atom. The number of rotatable bonds is 4. The Bertz CT molecular complexity index is 441. The molecule has 0 saturated heterocycles. The van der Waals surface area contributed by atoms with Gasteiger partial charge < -0.3 is 19.8 Å². The number of hydrogen-bond acceptors (Lipinski definition) is 6. The maximum absolute atomic E-state index is 11.2. The highest BCUT2D eigenvalue weighted by Gasteiger charge is 2.15. The number of benzene rings is 1. The average Bonchev–Trinajstić information content (AvgIpc) is 2.36. The van der Waals surface area contributed by atoms with Gasteiger partial charge in [-0.15, -0.1) is 0 Å². The van der Waals surface area contributed by atoms with Gasteiger partial charge in [0.1, 0.15) is 11.5 Å². The highest BCUT2D eigenvalue weighted by molar-refractivity contribution is 6.36. The molecule has 2 N–H and O–H groups in total. The van der Waals surface area contributed by atoms with Gasteiger partial charge in [0.05, 0.1) is 14.2 Å². The van der Waals surface area contributed by atoms with Gasteiger partial charge in [-0.1, -0.05) is 11.2 Å². The highest BCUT2D eigenvalue weighted by Crippen LogP contribution is 2.24. The van der Waals surface area contributed by atoms with Crippen molar-refractivity contribution in [1.29, 1.82) is 0 Å². The molecule has 0 fully saturated rings. The van der Waals surface area contributed by atoms with Crippen molar-refractivity contribution in [3.63, 3.8) is 0 Å². The van der Waals surface area contributed by atoms with Gasteiger partial charge in [0.15, 0.2) is 5.71 Å². The molecule has 0 aromatic heterocycles. The van der Waals surface area contributed by atoms with E-state index in [2.05, 4.69) is 9.89 Å². The standard InChI is InChI=1S/C11H13NO5/c1-16-8-4-3-7(10(13)6-8)5-9(12-15)11(14)17-2/h3-4,6,13,15H,5H2,1-2H3/b12-9+. The van der Waals surface area contributed by atoms with E-state index in [-0.39, 0.29) is 17.9 Å². The number of hydrogen-bond donors (Lipinski definition) is 2. The van der Waals surface area contributed by atoms with Gasteiger partial charge in [-0.05, 0) is 6.07 Å². The molecule has 0 atom stereocenters. The van der Waals surface area contributed by atoms with E-state index < -0.39 is 5.97 Å². The summed E-state index contributed by atoms with van der Waals surface area (Å²) < 4.78 is 9.34. The number of phenolic OH excluding ortho intramolecular Hbond substituents is 1. The van der Waals surface area contributed by atoms with Crippen LogP contribution >= 0.6 is 0 Å². The predicted octanol–water partition coefficient (Wildman–Crippen LogP) is 0.946. The van der Waals surface area contributed by atoms with Crippen LogP contribution in [0, 0.1) is 0 Å². The fourth-order valence-electron chi connectivity index (χ4n) is 1.27. The number of methoxy groups -OCH3 is 2. The van der Waals surface area contributed by atoms with Gasteiger partial charge in [-0.2, -0.15) is 0 Å². The Hall–Kier alpha value is -2.24. The quantitative estimate of drug-likeness (QED) is 0.353. The number of carbonyl (C=O) groups excluding carboxylic acids is 1. The Balaban J connectivity index is 2.91. The van der Waals surface area contributed by atoms with E-state index in [0.717, 1.165) is 0 Å². The summed E-state index contributed by atoms with van der Waals surface area (Å²) in [5.41, 5.74) is 0.247. The first-order valence-corrected chi connectivity index (χ1v) is 4.77. The minimum absolute atomic E-state index is 0.0288. The Morgan fingerprint density at radius 2 is 2.12 bits per heavy atom. The molecular formula is C11H13NO5. The molecule has 0 unspecified atom stereocenters. The summed E-state index contributed by atoms with van der Waals surface area (Å²) in [5, 5.41) is 21.2. The minimum Gasteiger partial charge on any atom is -0.508 e. The summed E-state index contributed by atoms with van der Waals surface area (Å²) in [4.78, 5) is 11.2. The lowest BCUT2D eigenvalue weighted by molar-refractivity contribution is -0.132. The van der Waals surface area contributed by atoms with Crippen LogP contribution < -0.4 is 4.74 Å². The highest BCUT2D eigenvalue weighted by atomic mass is 16.5. The first kappa shape index (κ1) is 12.8. The summed E-state index contributed by atoms with van der Waals surface area (Å²) in [6.45, 7) is 0. The second-order valence-corrected chi connectivity index (χ2v) is 3.21. The van der Waals surface area contributed by atoms with Gasteiger partial charge in [-0.25, -0.2) is 4.79 Å². The van der Waals surface area contributed by atoms with Gasteiger partial charge >= 0.3 is 5.97 Å². The number of ether oxygens (including phenoxy) is 2. The molecule has 0 radical (unpaired) electrons. The van der Waals surface area contributed by atoms with Crippen molar-refractivity contribution in [2.75, 3.05) is 14.2 Å². The second-order valence-electron chi connectivity index (χ2n) is 3.21. The smallest absolute Gasteiger partial charge is 0.356 e. The van der Waals surface area contributed by atoms with Crippen molar-refractivity contribution < 1.29 is 24.6 Å². The fourth-order valence-corrected chi connectivity index (χ4v) is 1.27. The zero-order valence-corrected chi connectivity index (χ0v) is 9.51. The van der Waals surface area contributed by atoms with Gasteiger partial charge in [0, 0.05) is 18.1 Å². The van der Waals surface area contributed by atoms with Crippen molar-refractivity contribution in [2.24, 2.45) is 5.16 Å². The van der Waals surface area contributed by atoms with Gasteiger partial charge in [0.25, 0.3) is 0 Å². The number of esters is 1. The van der Waals surface area contributed by atoms with Crippen LogP contribution in [0.1, 0.15) is 5.56 Å². The molecule has 6 nitrogen and oxygen atoms in total. The van der Waals surface area contributed by atoms with E-state index in [1.54, 1.807) is 12.1 Å². The van der Waals surface area contributed by atoms with Crippen molar-refractivity contribution in [3.05, 3.63) is 23.8 Å². The molecule has 1 aromatic rings. The largest absolute Gasteiger partial charge is 0.508 e. The molecule has 0 amide bonds. The van der Waals surface area contributed by atoms with Crippen LogP contribution in [-0.4, -0.2) is 36.2 Å². The molecule has 6 heteroatoms. The van der Waals surface area contributed by atoms with Gasteiger partial charge in [-0.3, -0.25) is 0 Å². The van der Waals surface area contributed by atoms with Crippen molar-refractivity contribution in [3.8, 4) is 11.5 Å². The zero-order chi connectivity index (χ0) is 12.8. The SMILES string of the molecule is COC(=O)/C(Cc1ccc(OC)cc1O)=N/O. The van der Waals surface area contributed by atoms with E-state index in [0.29, 0.717) is 11.3 Å². The molecule has 0 aliphatic carbocycles. The van der Waals surface area contributed by atoms with Crippen LogP contribution in [0.4, 0.5) is 0 Å². The number of nitrogens with zero attached hydrogens (tertiary/aromatic N) is 1. The average molecular weight is 239 g/mol. The van der Waals surface area contributed by atoms with E-state index in [1.807, 2.05) is 0 Å². The topological polar surface area (TPSA) is 88.4 Å². The lowest BCUT2D eigenvalue weighted by Crippen LogP contribution is -2.18. The summed E-state index contributed by atoms with van der Waals surface area (Å²) in [5.74, 6) is -0.302. The molecule has 0 spiro atoms. The minimum atomic E-state index is -0.747. The maximum Gasteiger partial charge on any atom is 0.356 e. The fraction of sp³-hybridized carbons (Fsp3) is 0.273. The molecule has 1 aromatic carbocycles. The molecule has 92 valence electrons. The normalized spacial score (nSPS) is 11.1. The third-order valence-corrected chi connectivity index (χ3v) is 2.19. The van der Waals surface area contributed by atoms with Crippen LogP contribution in [0.15, 0.2) is 23.4 Å². The summed E-state index contributed by atoms with van der Waals surface area (Å²) in [7, 11) is 2.66. The lowest BCUT2D eigenvalue weighted by atomic mass is 10.1. The van der Waals surface area contributed by atoms with Crippen LogP contribution in [0.2, 0.25) is 0 Å². The molecule has 0 aliphatic heterocycles. The first-order chi connectivity index (χ1) is 8.12. The zero-order valence-electron chi connectivity index (χ0n) is 9.51. The molecular weight excluding hydrogens is 226 g/mol. The van der Waals surface area contributed by atoms with Crippen LogP contribution in [0.3, 0.4) is 0 Å². The monoisotopic (exact) mass is 239 g/mol. The summed E-state index contributed by atoms with van der Waals surface area (Å²) >= 11 is 0. The lowest BCUT2D eigenvalue weighted by Gasteiger charge is -2.07. The molecule has 0 aliphatic rings. The van der Waals surface area contributed by atoms with E-state index in [9.17, 15) is 9.90 Å². The van der Waals surface area contributed by atoms with Gasteiger partial charge in [0.2, 0.25) is 0 Å². The van der Waals surface area contributed by atoms with Crippen LogP contribution in [-0.2, 0) is 16.0 Å². The van der Waals surface area contributed by atoms with Crippen LogP contribution in [0.25, 0.3) is 0 Å². The predicted molar refractivity (Wildman–Crippen MR) is 59.6 cm³/mol. The summed E-state index contributed by atoms with van der Waals surface area (Å²) in [6.07, 6.45) is -0.0288. The van der Waals surface area contributed by atoms with Crippen molar-refractivity contribution in [1.82, 2.24) is 0 Å². The summed E-state index contributed by atoms with van der Waals surface area (Å²) in [6, 6.07) is 4.60. The Morgan fingerprint density at radius 1 is 1.41 bits per heavy atom. The molecule has 1 rings (SSSR count). The number of phenols is 1. The molecule has 0 saturated carbocycles. The number of oxime groups is 1. The third-order valence-electron chi connectivity index (χ3n) is 2.19. The van der Waals surface area contributed by atoms with E-state index >= 15 is 0 Å². The Labute approximate surface area is 98.1 Å². The number of aromatic hydroxyl groups is 1. The third kappa shape index (κ3) is 3.10. The van der Waals surface area contributed by atoms with Crippen LogP contribution in [0.5, 0.6) is 11.5 Å². The maximum atomic E-state index is 11.2. The van der Waals surface area contributed by atoms with E-state index in [4.69, 9.17) is 9.94 Å². The van der Waals surface area contributed by atoms with E-state index in [1.165, 1.54) is 20.3 Å². The van der Waals surface area contributed by atoms with Crippen molar-refractivity contribution >= 4 is 11.7 Å². The Kier molecular flexibility index (Phi) is 4.33. The molecule has 0 bridgehead atoms. The van der Waals surface area contributed by atoms with Crippen molar-refractivity contribution in [2.45, 2.75) is 6.42 Å². The second kappa shape index (κ2) is 5.74. The molecule has 17 heavy (non-hydrogen) atoms. The molecule has 0 heterocycles. The first-order valence-electron chi connectivity index (χ1n) is 4.77.